The average molecular weight is 524 g/mol. The van der Waals surface area contributed by atoms with Crippen LogP contribution in [0.25, 0.3) is 0 Å². The number of nitrogens with zero attached hydrogens (tertiary/aromatic N) is 1. The zero-order valence-corrected chi connectivity index (χ0v) is 22.1. The van der Waals surface area contributed by atoms with Gasteiger partial charge in [-0.1, -0.05) is 18.2 Å². The summed E-state index contributed by atoms with van der Waals surface area (Å²) in [5, 5.41) is 6.18. The number of rotatable bonds is 7. The maximum atomic E-state index is 14.5. The van der Waals surface area contributed by atoms with E-state index in [1.807, 2.05) is 18.2 Å². The summed E-state index contributed by atoms with van der Waals surface area (Å²) in [5.41, 5.74) is 9.32. The SMILES string of the molecule is COc1cccc(F)c1CN1CCC[C@@H](NC(=O)C2CCC3NNC(c4cccc(NC(C)=O)c4)C3C2)C1. The Morgan fingerprint density at radius 2 is 1.97 bits per heavy atom. The number of benzene rings is 2. The van der Waals surface area contributed by atoms with Crippen molar-refractivity contribution < 1.29 is 18.7 Å². The Balaban J connectivity index is 1.19. The molecule has 5 rings (SSSR count). The number of methoxy groups -OCH3 is 1. The van der Waals surface area contributed by atoms with Gasteiger partial charge in [0.2, 0.25) is 11.8 Å². The molecule has 2 aliphatic heterocycles. The number of likely N-dealkylation sites (tertiary alicyclic amines) is 1. The topological polar surface area (TPSA) is 94.7 Å². The molecule has 1 saturated carbocycles. The highest BCUT2D eigenvalue weighted by molar-refractivity contribution is 5.88. The van der Waals surface area contributed by atoms with Crippen LogP contribution in [0.4, 0.5) is 10.1 Å². The standard InChI is InChI=1S/C29H38FN5O3/c1-18(36)31-21-7-3-6-19(14-21)28-23-15-20(11-12-26(23)33-34-28)29(37)32-22-8-5-13-35(16-22)17-24-25(30)9-4-10-27(24)38-2/h3-4,6-7,9-10,14,20,22-23,26,28,33-34H,5,8,11-13,15-17H2,1-2H3,(H,31,36)(H,32,37)/t20?,22-,23?,26?,28?/m1/s1. The van der Waals surface area contributed by atoms with E-state index in [-0.39, 0.29) is 41.6 Å². The van der Waals surface area contributed by atoms with Gasteiger partial charge in [-0.2, -0.15) is 0 Å². The summed E-state index contributed by atoms with van der Waals surface area (Å²) in [6, 6.07) is 13.3. The Bertz CT molecular complexity index is 1160. The smallest absolute Gasteiger partial charge is 0.223 e. The first kappa shape index (κ1) is 26.6. The summed E-state index contributed by atoms with van der Waals surface area (Å²) in [4.78, 5) is 27.1. The second-order valence-electron chi connectivity index (χ2n) is 10.9. The van der Waals surface area contributed by atoms with Crippen molar-refractivity contribution in [3.05, 3.63) is 59.4 Å². The van der Waals surface area contributed by atoms with E-state index in [0.29, 0.717) is 30.4 Å². The largest absolute Gasteiger partial charge is 0.496 e. The van der Waals surface area contributed by atoms with E-state index < -0.39 is 0 Å². The number of piperidine rings is 1. The second kappa shape index (κ2) is 11.8. The fraction of sp³-hybridized carbons (Fsp3) is 0.517. The first-order chi connectivity index (χ1) is 18.4. The van der Waals surface area contributed by atoms with Gasteiger partial charge in [-0.25, -0.2) is 9.82 Å². The number of anilines is 1. The molecule has 1 aliphatic carbocycles. The van der Waals surface area contributed by atoms with Crippen molar-refractivity contribution in [1.82, 2.24) is 21.1 Å². The molecule has 0 bridgehead atoms. The Kier molecular flexibility index (Phi) is 8.26. The molecule has 38 heavy (non-hydrogen) atoms. The number of hydrazine groups is 1. The fourth-order valence-electron chi connectivity index (χ4n) is 6.38. The molecule has 3 fully saturated rings. The van der Waals surface area contributed by atoms with Gasteiger partial charge in [0.1, 0.15) is 11.6 Å². The van der Waals surface area contributed by atoms with Crippen LogP contribution in [0.3, 0.4) is 0 Å². The summed E-state index contributed by atoms with van der Waals surface area (Å²) < 4.78 is 19.8. The highest BCUT2D eigenvalue weighted by atomic mass is 19.1. The molecular formula is C29H38FN5O3. The zero-order chi connectivity index (χ0) is 26.6. The van der Waals surface area contributed by atoms with Crippen molar-refractivity contribution in [2.75, 3.05) is 25.5 Å². The lowest BCUT2D eigenvalue weighted by molar-refractivity contribution is -0.127. The van der Waals surface area contributed by atoms with Gasteiger partial charge in [0.15, 0.2) is 0 Å². The molecule has 2 saturated heterocycles. The molecule has 8 nitrogen and oxygen atoms in total. The summed E-state index contributed by atoms with van der Waals surface area (Å²) in [5.74, 6) is 0.564. The summed E-state index contributed by atoms with van der Waals surface area (Å²) in [6.45, 7) is 3.54. The van der Waals surface area contributed by atoms with Gasteiger partial charge in [0.25, 0.3) is 0 Å². The molecule has 2 aromatic carbocycles. The third-order valence-corrected chi connectivity index (χ3v) is 8.22. The van der Waals surface area contributed by atoms with E-state index in [1.54, 1.807) is 19.2 Å². The van der Waals surface area contributed by atoms with Crippen molar-refractivity contribution in [3.8, 4) is 5.75 Å². The van der Waals surface area contributed by atoms with E-state index in [0.717, 1.165) is 49.9 Å². The maximum Gasteiger partial charge on any atom is 0.223 e. The van der Waals surface area contributed by atoms with Crippen LogP contribution < -0.4 is 26.2 Å². The molecule has 4 unspecified atom stereocenters. The number of carbonyl (C=O) groups is 2. The molecule has 9 heteroatoms. The lowest BCUT2D eigenvalue weighted by atomic mass is 9.74. The number of ether oxygens (including phenoxy) is 1. The molecule has 0 aromatic heterocycles. The predicted molar refractivity (Wildman–Crippen MR) is 144 cm³/mol. The number of hydrogen-bond donors (Lipinski definition) is 4. The van der Waals surface area contributed by atoms with Crippen LogP contribution in [0.15, 0.2) is 42.5 Å². The lowest BCUT2D eigenvalue weighted by Crippen LogP contribution is -2.50. The minimum atomic E-state index is -0.261. The third kappa shape index (κ3) is 6.00. The third-order valence-electron chi connectivity index (χ3n) is 8.22. The average Bonchev–Trinajstić information content (AvgIpc) is 3.33. The van der Waals surface area contributed by atoms with Crippen molar-refractivity contribution in [3.63, 3.8) is 0 Å². The van der Waals surface area contributed by atoms with Crippen LogP contribution in [0.5, 0.6) is 5.75 Å². The van der Waals surface area contributed by atoms with Gasteiger partial charge in [-0.3, -0.25) is 19.9 Å². The lowest BCUT2D eigenvalue weighted by Gasteiger charge is -2.36. The molecule has 3 aliphatic rings. The first-order valence-corrected chi connectivity index (χ1v) is 13.6. The van der Waals surface area contributed by atoms with Gasteiger partial charge in [0.05, 0.1) is 13.2 Å². The van der Waals surface area contributed by atoms with E-state index in [9.17, 15) is 14.0 Å². The molecule has 2 aromatic rings. The Morgan fingerprint density at radius 3 is 2.79 bits per heavy atom. The van der Waals surface area contributed by atoms with Crippen molar-refractivity contribution in [1.29, 1.82) is 0 Å². The molecular weight excluding hydrogens is 485 g/mol. The van der Waals surface area contributed by atoms with Crippen LogP contribution in [-0.4, -0.2) is 49.0 Å². The minimum absolute atomic E-state index is 0.0407. The predicted octanol–water partition coefficient (Wildman–Crippen LogP) is 3.51. The maximum absolute atomic E-state index is 14.5. The van der Waals surface area contributed by atoms with Crippen LogP contribution >= 0.6 is 0 Å². The number of halogens is 1. The van der Waals surface area contributed by atoms with Crippen LogP contribution in [0.2, 0.25) is 0 Å². The monoisotopic (exact) mass is 523 g/mol. The van der Waals surface area contributed by atoms with E-state index in [4.69, 9.17) is 4.74 Å². The number of hydrogen-bond acceptors (Lipinski definition) is 6. The summed E-state index contributed by atoms with van der Waals surface area (Å²) in [7, 11) is 1.56. The van der Waals surface area contributed by atoms with Gasteiger partial charge >= 0.3 is 0 Å². The van der Waals surface area contributed by atoms with Gasteiger partial charge < -0.3 is 15.4 Å². The number of carbonyl (C=O) groups excluding carboxylic acids is 2. The number of fused-ring (bicyclic) bond motifs is 1. The van der Waals surface area contributed by atoms with E-state index in [2.05, 4.69) is 32.5 Å². The van der Waals surface area contributed by atoms with Crippen LogP contribution in [0, 0.1) is 17.7 Å². The Morgan fingerprint density at radius 1 is 1.13 bits per heavy atom. The Labute approximate surface area is 223 Å². The zero-order valence-electron chi connectivity index (χ0n) is 22.1. The molecule has 2 amide bonds. The number of nitrogens with one attached hydrogen (secondary N) is 4. The normalized spacial score (nSPS) is 27.4. The van der Waals surface area contributed by atoms with E-state index in [1.165, 1.54) is 13.0 Å². The van der Waals surface area contributed by atoms with Crippen molar-refractivity contribution in [2.24, 2.45) is 11.8 Å². The molecule has 5 atom stereocenters. The number of amides is 2. The fourth-order valence-corrected chi connectivity index (χ4v) is 6.38. The second-order valence-corrected chi connectivity index (χ2v) is 10.9. The minimum Gasteiger partial charge on any atom is -0.496 e. The molecule has 4 N–H and O–H groups in total. The van der Waals surface area contributed by atoms with Crippen molar-refractivity contribution >= 4 is 17.5 Å². The van der Waals surface area contributed by atoms with Crippen LogP contribution in [0.1, 0.15) is 56.2 Å². The van der Waals surface area contributed by atoms with Gasteiger partial charge in [-0.15, -0.1) is 0 Å². The summed E-state index contributed by atoms with van der Waals surface area (Å²) >= 11 is 0. The molecule has 2 heterocycles. The highest BCUT2D eigenvalue weighted by Gasteiger charge is 2.43. The first-order valence-electron chi connectivity index (χ1n) is 13.6. The molecule has 0 radical (unpaired) electrons. The van der Waals surface area contributed by atoms with Crippen LogP contribution in [-0.2, 0) is 16.1 Å². The van der Waals surface area contributed by atoms with E-state index >= 15 is 0 Å². The quantitative estimate of drug-likeness (QED) is 0.444. The Hall–Kier alpha value is -3.01. The van der Waals surface area contributed by atoms with Gasteiger partial charge in [0, 0.05) is 49.3 Å². The van der Waals surface area contributed by atoms with Crippen molar-refractivity contribution in [2.45, 2.75) is 63.7 Å². The summed E-state index contributed by atoms with van der Waals surface area (Å²) in [6.07, 6.45) is 4.47. The molecule has 0 spiro atoms. The highest BCUT2D eigenvalue weighted by Crippen LogP contribution is 2.41. The molecule has 204 valence electrons. The van der Waals surface area contributed by atoms with Gasteiger partial charge in [-0.05, 0) is 74.4 Å².